The number of hydrogen-bond donors (Lipinski definition) is 0. The highest BCUT2D eigenvalue weighted by Crippen LogP contribution is 2.28. The van der Waals surface area contributed by atoms with Gasteiger partial charge < -0.3 is 4.90 Å². The van der Waals surface area contributed by atoms with E-state index in [0.29, 0.717) is 0 Å². The summed E-state index contributed by atoms with van der Waals surface area (Å²) in [5.74, 6) is -90.4. The molecule has 0 aliphatic rings. The largest absolute Gasteiger partial charge is 0.306 e. The Bertz CT molecular complexity index is 3120. The summed E-state index contributed by atoms with van der Waals surface area (Å²) in [6, 6.07) is 0. The molecule has 6 rings (SSSR count). The van der Waals surface area contributed by atoms with E-state index in [0.717, 1.165) is 0 Å². The quantitative estimate of drug-likeness (QED) is 0.0122. The maximum atomic E-state index is 14.4. The minimum absolute atomic E-state index is 1.32. The van der Waals surface area contributed by atoms with Crippen molar-refractivity contribution in [2.24, 2.45) is 0 Å². The predicted octanol–water partition coefficient (Wildman–Crippen LogP) is 22.0. The van der Waals surface area contributed by atoms with E-state index in [-0.39, 0.29) is 0 Å². The third-order valence-electron chi connectivity index (χ3n) is 18.0. The van der Waals surface area contributed by atoms with Crippen molar-refractivity contribution in [1.82, 2.24) is 4.90 Å². The minimum atomic E-state index is -3.96. The Morgan fingerprint density at radius 1 is 0.151 bits per heavy atom. The van der Waals surface area contributed by atoms with Crippen LogP contribution in [-0.4, -0.2) is 38.5 Å². The summed E-state index contributed by atoms with van der Waals surface area (Å²) in [6.07, 6.45) is 46.8. The molecule has 0 unspecified atom stereocenters. The summed E-state index contributed by atoms with van der Waals surface area (Å²) >= 11 is 0. The van der Waals surface area contributed by atoms with Gasteiger partial charge in [-0.2, -0.15) is 0 Å². The maximum Gasteiger partial charge on any atom is 0.265 e. The van der Waals surface area contributed by atoms with Gasteiger partial charge in [-0.3, -0.25) is 0 Å². The summed E-state index contributed by atoms with van der Waals surface area (Å²) in [5, 5.41) is 0. The summed E-state index contributed by atoms with van der Waals surface area (Å²) in [6.45, 7) is -0.671. The van der Waals surface area contributed by atoms with Gasteiger partial charge in [-0.15, -0.1) is 0 Å². The van der Waals surface area contributed by atoms with Crippen LogP contribution in [0.2, 0.25) is 0 Å². The molecule has 0 saturated heterocycles. The third-order valence-corrected chi connectivity index (χ3v) is 18.0. The van der Waals surface area contributed by atoms with Gasteiger partial charge in [0.05, 0.1) is 0 Å². The lowest BCUT2D eigenvalue weighted by atomic mass is 9.36. The number of benzene rings is 6. The molecule has 0 aromatic heterocycles. The molecule has 0 fully saturated rings. The van der Waals surface area contributed by atoms with Crippen LogP contribution in [0, 0.1) is 175 Å². The van der Waals surface area contributed by atoms with E-state index in [1.165, 1.54) is 219 Å². The average molecular weight is 1560 g/mol. The number of rotatable bonds is 40. The van der Waals surface area contributed by atoms with Crippen LogP contribution in [0.4, 0.5) is 132 Å². The Morgan fingerprint density at radius 2 is 0.245 bits per heavy atom. The van der Waals surface area contributed by atoms with Gasteiger partial charge in [0.2, 0.25) is 0 Å². The fourth-order valence-electron chi connectivity index (χ4n) is 12.1. The van der Waals surface area contributed by atoms with Gasteiger partial charge >= 0.3 is 0 Å². The van der Waals surface area contributed by atoms with Crippen LogP contribution in [0.3, 0.4) is 0 Å². The second-order valence-corrected chi connectivity index (χ2v) is 25.7. The fourth-order valence-corrected chi connectivity index (χ4v) is 12.1. The van der Waals surface area contributed by atoms with E-state index >= 15 is 0 Å². The molecule has 0 atom stereocenters. The van der Waals surface area contributed by atoms with Crippen molar-refractivity contribution in [3.8, 4) is 0 Å². The van der Waals surface area contributed by atoms with Crippen LogP contribution in [0.15, 0.2) is 0 Å². The normalized spacial score (nSPS) is 11.5. The molecule has 0 aliphatic heterocycles. The lowest BCUT2D eigenvalue weighted by molar-refractivity contribution is 0.314. The molecule has 0 radical (unpaired) electrons. The topological polar surface area (TPSA) is 3.24 Å². The molecule has 106 heavy (non-hydrogen) atoms. The SMILES string of the molecule is CCCCCCCCCCCCCCCCCCN(C)CCCCCCCCCCCCCCCCCC.Fc1c(F)c(F)c(B(c2c(F)c(F)c(F)c(F)c2F)c2c(F)c(F)c(F)c(F)c2F)c(F)c1F.Fc1c(F)c(F)c(B(c2c(F)c(F)c(F)c(F)c2F)c2c(F)c(F)c(F)c(F)c2F)c(F)c1F. The van der Waals surface area contributed by atoms with Crippen molar-refractivity contribution in [3.63, 3.8) is 0 Å². The molecule has 0 heterocycles. The molecule has 0 aliphatic carbocycles. The van der Waals surface area contributed by atoms with Gasteiger partial charge in [-0.05, 0) is 33.0 Å². The first-order valence-corrected chi connectivity index (χ1v) is 34.9. The zero-order chi connectivity index (χ0) is 79.6. The number of halogens is 30. The second kappa shape index (κ2) is 44.7. The predicted molar refractivity (Wildman–Crippen MR) is 343 cm³/mol. The summed E-state index contributed by atoms with van der Waals surface area (Å²) in [5.41, 5.74) is -16.1. The molecule has 0 amide bonds. The Hall–Kier alpha value is -6.69. The van der Waals surface area contributed by atoms with E-state index in [2.05, 4.69) is 25.8 Å². The van der Waals surface area contributed by atoms with Crippen molar-refractivity contribution in [2.45, 2.75) is 219 Å². The molecule has 0 spiro atoms. The highest BCUT2D eigenvalue weighted by Gasteiger charge is 2.47. The van der Waals surface area contributed by atoms with Gasteiger partial charge in [0, 0.05) is 32.8 Å². The molecule has 6 aromatic carbocycles. The lowest BCUT2D eigenvalue weighted by Gasteiger charge is -2.21. The Balaban J connectivity index is 0.000000337. The van der Waals surface area contributed by atoms with Crippen LogP contribution in [-0.2, 0) is 0 Å². The zero-order valence-electron chi connectivity index (χ0n) is 58.0. The monoisotopic (exact) mass is 1560 g/mol. The van der Waals surface area contributed by atoms with Crippen LogP contribution in [0.5, 0.6) is 0 Å². The number of unbranched alkanes of at least 4 members (excludes halogenated alkanes) is 30. The zero-order valence-corrected chi connectivity index (χ0v) is 58.0. The van der Waals surface area contributed by atoms with Crippen molar-refractivity contribution >= 4 is 46.2 Å². The molecule has 0 bridgehead atoms. The summed E-state index contributed by atoms with van der Waals surface area (Å²) in [7, 11) is 2.34. The van der Waals surface area contributed by atoms with Crippen LogP contribution >= 0.6 is 0 Å². The van der Waals surface area contributed by atoms with Crippen molar-refractivity contribution in [2.75, 3.05) is 20.1 Å². The lowest BCUT2D eigenvalue weighted by Crippen LogP contribution is -2.60. The Kier molecular flexibility index (Phi) is 38.7. The smallest absolute Gasteiger partial charge is 0.265 e. The standard InChI is InChI=1S/C37H77N.2C18BF15/c1-4-6-8-10-12-14-16-18-20-22-24-26-28-30-32-34-36-38(3)37-35-33-31-29-27-25-23-21-19-17-15-13-11-9-7-5-2;2*20-4-1(5(21)11(27)16(32)10(4)26)19(2-6(22)12(28)17(33)13(29)7(2)23)3-8(24)14(30)18(34)15(31)9(3)25/h4-37H2,1-3H3;;. The van der Waals surface area contributed by atoms with Gasteiger partial charge in [0.25, 0.3) is 13.4 Å². The Morgan fingerprint density at radius 3 is 0.358 bits per heavy atom. The Labute approximate surface area is 595 Å². The summed E-state index contributed by atoms with van der Waals surface area (Å²) in [4.78, 5) is 2.59. The minimum Gasteiger partial charge on any atom is -0.306 e. The molecule has 6 aromatic rings. The maximum absolute atomic E-state index is 14.4. The van der Waals surface area contributed by atoms with E-state index in [1.807, 2.05) is 0 Å². The molecular weight excluding hydrogens is 1480 g/mol. The van der Waals surface area contributed by atoms with Gasteiger partial charge in [-0.1, -0.05) is 206 Å². The van der Waals surface area contributed by atoms with Crippen LogP contribution < -0.4 is 32.8 Å². The first kappa shape index (κ1) is 91.7. The molecule has 0 saturated carbocycles. The average Bonchev–Trinajstić information content (AvgIpc) is 0.736. The van der Waals surface area contributed by atoms with Gasteiger partial charge in [0.1, 0.15) is 0 Å². The first-order chi connectivity index (χ1) is 50.1. The van der Waals surface area contributed by atoms with Crippen LogP contribution in [0.1, 0.15) is 219 Å². The van der Waals surface area contributed by atoms with Crippen molar-refractivity contribution in [1.29, 1.82) is 0 Å². The van der Waals surface area contributed by atoms with Crippen molar-refractivity contribution in [3.05, 3.63) is 175 Å². The van der Waals surface area contributed by atoms with Gasteiger partial charge in [-0.25, -0.2) is 132 Å². The first-order valence-electron chi connectivity index (χ1n) is 34.9. The highest BCUT2D eigenvalue weighted by atomic mass is 19.2. The summed E-state index contributed by atoms with van der Waals surface area (Å²) < 4.78 is 417. The number of nitrogens with zero attached hydrogens (tertiary/aromatic N) is 1. The van der Waals surface area contributed by atoms with E-state index in [4.69, 9.17) is 0 Å². The fraction of sp³-hybridized carbons (Fsp3) is 0.507. The molecular formula is C73H77B2F30N. The van der Waals surface area contributed by atoms with E-state index < -0.39 is 221 Å². The van der Waals surface area contributed by atoms with Crippen LogP contribution in [0.25, 0.3) is 0 Å². The number of hydrogen-bond acceptors (Lipinski definition) is 1. The van der Waals surface area contributed by atoms with Crippen molar-refractivity contribution < 1.29 is 132 Å². The molecule has 33 heteroatoms. The van der Waals surface area contributed by atoms with E-state index in [1.54, 1.807) is 0 Å². The second-order valence-electron chi connectivity index (χ2n) is 25.7. The van der Waals surface area contributed by atoms with Gasteiger partial charge in [0.15, 0.2) is 175 Å². The molecule has 590 valence electrons. The molecule has 1 nitrogen and oxygen atoms in total. The highest BCUT2D eigenvalue weighted by molar-refractivity contribution is 6.96. The third kappa shape index (κ3) is 23.2. The van der Waals surface area contributed by atoms with E-state index in [9.17, 15) is 132 Å². The molecule has 0 N–H and O–H groups in total.